The molecular formula is C39H54O5. The van der Waals surface area contributed by atoms with Crippen LogP contribution in [0.1, 0.15) is 118 Å². The fourth-order valence-electron chi connectivity index (χ4n) is 11.7. The van der Waals surface area contributed by atoms with E-state index in [9.17, 15) is 19.8 Å². The molecule has 44 heavy (non-hydrogen) atoms. The van der Waals surface area contributed by atoms with E-state index in [1.807, 2.05) is 0 Å². The van der Waals surface area contributed by atoms with E-state index in [0.29, 0.717) is 11.8 Å². The molecule has 4 saturated carbocycles. The van der Waals surface area contributed by atoms with E-state index in [-0.39, 0.29) is 50.8 Å². The number of hydrogen-bond acceptors (Lipinski definition) is 4. The number of carboxylic acid groups (broad SMARTS) is 1. The summed E-state index contributed by atoms with van der Waals surface area (Å²) in [5.41, 5.74) is 1.98. The monoisotopic (exact) mass is 602 g/mol. The molecule has 0 spiro atoms. The van der Waals surface area contributed by atoms with Crippen molar-refractivity contribution in [2.75, 3.05) is 0 Å². The Bertz CT molecular complexity index is 1390. The number of aromatic hydroxyl groups is 1. The number of rotatable bonds is 4. The first-order valence-corrected chi connectivity index (χ1v) is 17.1. The summed E-state index contributed by atoms with van der Waals surface area (Å²) >= 11 is 0. The Labute approximate surface area is 264 Å². The summed E-state index contributed by atoms with van der Waals surface area (Å²) in [6.45, 7) is 16.9. The molecule has 0 saturated heterocycles. The van der Waals surface area contributed by atoms with Gasteiger partial charge in [-0.15, -0.1) is 0 Å². The molecule has 0 amide bonds. The molecule has 5 aliphatic carbocycles. The van der Waals surface area contributed by atoms with Crippen molar-refractivity contribution in [2.45, 2.75) is 119 Å². The van der Waals surface area contributed by atoms with E-state index in [4.69, 9.17) is 4.74 Å². The van der Waals surface area contributed by atoms with Gasteiger partial charge in [-0.2, -0.15) is 0 Å². The summed E-state index contributed by atoms with van der Waals surface area (Å²) in [6, 6.07) is 6.79. The van der Waals surface area contributed by atoms with Gasteiger partial charge in [0.15, 0.2) is 0 Å². The number of esters is 1. The van der Waals surface area contributed by atoms with Crippen LogP contribution >= 0.6 is 0 Å². The SMILES string of the molecule is CC1(C)CC[C@]2(C(=O)O)CC[C@]3(C)C(=CCC4[C@@]5(C)CC[C@H](OC(=O)/C=C/c6ccc(O)cc6)C(C)(C)[C@@H]5CC[C@]43C)[C@@H]2C1. The number of carbonyl (C=O) groups is 2. The molecule has 0 aliphatic heterocycles. The summed E-state index contributed by atoms with van der Waals surface area (Å²) in [5, 5.41) is 20.2. The van der Waals surface area contributed by atoms with Crippen molar-refractivity contribution >= 4 is 18.0 Å². The van der Waals surface area contributed by atoms with Gasteiger partial charge in [0, 0.05) is 11.5 Å². The molecule has 6 rings (SSSR count). The number of phenols is 1. The lowest BCUT2D eigenvalue weighted by Gasteiger charge is -2.71. The Morgan fingerprint density at radius 1 is 0.864 bits per heavy atom. The summed E-state index contributed by atoms with van der Waals surface area (Å²) < 4.78 is 6.18. The zero-order chi connectivity index (χ0) is 31.9. The second-order valence-corrected chi connectivity index (χ2v) is 17.4. The highest BCUT2D eigenvalue weighted by Crippen LogP contribution is 2.75. The van der Waals surface area contributed by atoms with Crippen LogP contribution < -0.4 is 0 Å². The van der Waals surface area contributed by atoms with Gasteiger partial charge in [-0.25, -0.2) is 4.79 Å². The number of hydrogen-bond donors (Lipinski definition) is 2. The molecule has 5 aliphatic rings. The van der Waals surface area contributed by atoms with Crippen LogP contribution in [0.15, 0.2) is 42.0 Å². The standard InChI is InChI=1S/C39H54O5/c1-34(2)20-22-39(33(42)43)23-21-37(6)27(28(39)24-34)13-14-30-36(5)18-17-31(35(3,4)29(36)16-19-38(30,37)7)44-32(41)15-10-25-8-11-26(40)12-9-25/h8-13,15,28-31,40H,14,16-24H2,1-7H3,(H,42,43)/b15-10+/t28-,29-,30?,31-,36-,37+,38+,39-/m0/s1. The number of benzene rings is 1. The Hall–Kier alpha value is -2.56. The highest BCUT2D eigenvalue weighted by molar-refractivity contribution is 5.87. The topological polar surface area (TPSA) is 83.8 Å². The van der Waals surface area contributed by atoms with Gasteiger partial charge >= 0.3 is 11.9 Å². The first-order chi connectivity index (χ1) is 20.5. The number of aliphatic carboxylic acids is 1. The van der Waals surface area contributed by atoms with Gasteiger partial charge in [-0.1, -0.05) is 72.2 Å². The molecule has 240 valence electrons. The van der Waals surface area contributed by atoms with Crippen molar-refractivity contribution in [1.82, 2.24) is 0 Å². The molecule has 4 fully saturated rings. The van der Waals surface area contributed by atoms with Crippen LogP contribution in [0.3, 0.4) is 0 Å². The quantitative estimate of drug-likeness (QED) is 0.204. The molecule has 1 unspecified atom stereocenters. The van der Waals surface area contributed by atoms with Crippen molar-refractivity contribution < 1.29 is 24.5 Å². The third-order valence-electron chi connectivity index (χ3n) is 14.6. The zero-order valence-corrected chi connectivity index (χ0v) is 28.0. The largest absolute Gasteiger partial charge is 0.508 e. The average Bonchev–Trinajstić information content (AvgIpc) is 2.94. The minimum Gasteiger partial charge on any atom is -0.508 e. The smallest absolute Gasteiger partial charge is 0.331 e. The molecule has 0 bridgehead atoms. The molecule has 0 heterocycles. The lowest BCUT2D eigenvalue weighted by molar-refractivity contribution is -0.212. The normalized spacial score (nSPS) is 42.2. The Morgan fingerprint density at radius 2 is 1.55 bits per heavy atom. The van der Waals surface area contributed by atoms with E-state index in [1.165, 1.54) is 11.6 Å². The number of fused-ring (bicyclic) bond motifs is 7. The fraction of sp³-hybridized carbons (Fsp3) is 0.692. The Balaban J connectivity index is 1.26. The first kappa shape index (κ1) is 31.4. The van der Waals surface area contributed by atoms with Crippen LogP contribution in [0.25, 0.3) is 6.08 Å². The minimum absolute atomic E-state index is 0.00735. The summed E-state index contributed by atoms with van der Waals surface area (Å²) in [4.78, 5) is 25.9. The zero-order valence-electron chi connectivity index (χ0n) is 28.0. The van der Waals surface area contributed by atoms with E-state index >= 15 is 0 Å². The van der Waals surface area contributed by atoms with E-state index < -0.39 is 11.4 Å². The van der Waals surface area contributed by atoms with Crippen LogP contribution in [-0.2, 0) is 14.3 Å². The van der Waals surface area contributed by atoms with Crippen LogP contribution in [0.5, 0.6) is 5.75 Å². The predicted molar refractivity (Wildman–Crippen MR) is 174 cm³/mol. The maximum absolute atomic E-state index is 13.0. The highest BCUT2D eigenvalue weighted by atomic mass is 16.5. The molecule has 0 radical (unpaired) electrons. The summed E-state index contributed by atoms with van der Waals surface area (Å²) in [6.07, 6.45) is 15.3. The lowest BCUT2D eigenvalue weighted by atomic mass is 9.33. The van der Waals surface area contributed by atoms with Gasteiger partial charge in [0.1, 0.15) is 11.9 Å². The predicted octanol–water partition coefficient (Wildman–Crippen LogP) is 9.20. The van der Waals surface area contributed by atoms with Crippen LogP contribution in [0, 0.1) is 50.2 Å². The van der Waals surface area contributed by atoms with Crippen LogP contribution in [0.2, 0.25) is 0 Å². The molecule has 1 aromatic carbocycles. The summed E-state index contributed by atoms with van der Waals surface area (Å²) in [7, 11) is 0. The molecular weight excluding hydrogens is 548 g/mol. The number of carbonyl (C=O) groups excluding carboxylic acids is 1. The van der Waals surface area contributed by atoms with Crippen molar-refractivity contribution in [3.05, 3.63) is 47.6 Å². The van der Waals surface area contributed by atoms with Crippen molar-refractivity contribution in [3.8, 4) is 5.75 Å². The lowest BCUT2D eigenvalue weighted by Crippen LogP contribution is -2.65. The molecule has 5 nitrogen and oxygen atoms in total. The number of allylic oxidation sites excluding steroid dienone is 2. The third kappa shape index (κ3) is 4.53. The average molecular weight is 603 g/mol. The van der Waals surface area contributed by atoms with Gasteiger partial charge in [0.25, 0.3) is 0 Å². The molecule has 5 heteroatoms. The second-order valence-electron chi connectivity index (χ2n) is 17.4. The third-order valence-corrected chi connectivity index (χ3v) is 14.6. The number of ether oxygens (including phenoxy) is 1. The van der Waals surface area contributed by atoms with Crippen molar-refractivity contribution in [1.29, 1.82) is 0 Å². The van der Waals surface area contributed by atoms with Gasteiger partial charge in [-0.05, 0) is 127 Å². The van der Waals surface area contributed by atoms with Crippen molar-refractivity contribution in [3.63, 3.8) is 0 Å². The Kier molecular flexibility index (Phi) is 7.30. The van der Waals surface area contributed by atoms with Crippen LogP contribution in [0.4, 0.5) is 0 Å². The van der Waals surface area contributed by atoms with Gasteiger partial charge in [0.2, 0.25) is 0 Å². The maximum atomic E-state index is 13.0. The molecule has 1 aromatic rings. The van der Waals surface area contributed by atoms with Gasteiger partial charge < -0.3 is 14.9 Å². The number of carboxylic acids is 1. The second kappa shape index (κ2) is 10.2. The van der Waals surface area contributed by atoms with E-state index in [0.717, 1.165) is 69.8 Å². The fourth-order valence-corrected chi connectivity index (χ4v) is 11.7. The molecule has 0 aromatic heterocycles. The van der Waals surface area contributed by atoms with E-state index in [1.54, 1.807) is 30.3 Å². The molecule has 8 atom stereocenters. The number of phenolic OH excluding ortho intramolecular Hbond substituents is 1. The maximum Gasteiger partial charge on any atom is 0.331 e. The van der Waals surface area contributed by atoms with Gasteiger partial charge in [0.05, 0.1) is 5.41 Å². The Morgan fingerprint density at radius 3 is 2.23 bits per heavy atom. The minimum atomic E-state index is -0.605. The first-order valence-electron chi connectivity index (χ1n) is 17.1. The van der Waals surface area contributed by atoms with Crippen LogP contribution in [-0.4, -0.2) is 28.3 Å². The summed E-state index contributed by atoms with van der Waals surface area (Å²) in [5.74, 6) is 0.409. The van der Waals surface area contributed by atoms with E-state index in [2.05, 4.69) is 54.5 Å². The molecule has 2 N–H and O–H groups in total. The van der Waals surface area contributed by atoms with Gasteiger partial charge in [-0.3, -0.25) is 4.79 Å². The van der Waals surface area contributed by atoms with Crippen molar-refractivity contribution in [2.24, 2.45) is 50.2 Å². The highest BCUT2D eigenvalue weighted by Gasteiger charge is 2.69.